The van der Waals surface area contributed by atoms with Gasteiger partial charge in [0, 0.05) is 12.1 Å². The average Bonchev–Trinajstić information content (AvgIpc) is 2.02. The summed E-state index contributed by atoms with van der Waals surface area (Å²) >= 11 is 2.77. The fourth-order valence-corrected chi connectivity index (χ4v) is 1.27. The summed E-state index contributed by atoms with van der Waals surface area (Å²) in [6.45, 7) is 3.48. The molecule has 0 saturated heterocycles. The van der Waals surface area contributed by atoms with Crippen molar-refractivity contribution < 1.29 is 13.2 Å². The van der Waals surface area contributed by atoms with Gasteiger partial charge >= 0.3 is 6.18 Å². The van der Waals surface area contributed by atoms with Crippen LogP contribution in [-0.2, 0) is 6.18 Å². The number of rotatable bonds is 1. The second kappa shape index (κ2) is 3.84. The molecular weight excluding hydrogens is 261 g/mol. The zero-order valence-electron chi connectivity index (χ0n) is 7.56. The Bertz CT molecular complexity index is 336. The van der Waals surface area contributed by atoms with E-state index in [0.717, 1.165) is 6.20 Å². The molecule has 0 spiro atoms. The number of alkyl halides is 3. The number of hydrogen-bond donors (Lipinski definition) is 0. The third kappa shape index (κ3) is 2.43. The monoisotopic (exact) mass is 268 g/mol. The second-order valence-corrected chi connectivity index (χ2v) is 3.93. The fourth-order valence-electron chi connectivity index (χ4n) is 0.858. The van der Waals surface area contributed by atoms with E-state index < -0.39 is 11.9 Å². The molecule has 6 heteroatoms. The molecule has 0 fully saturated rings. The number of nitrogens with zero attached hydrogens (tertiary/aromatic N) is 2. The lowest BCUT2D eigenvalue weighted by atomic mass is 10.2. The van der Waals surface area contributed by atoms with Gasteiger partial charge in [-0.15, -0.1) is 0 Å². The van der Waals surface area contributed by atoms with Crippen LogP contribution in [0.1, 0.15) is 31.3 Å². The van der Waals surface area contributed by atoms with Gasteiger partial charge in [-0.1, -0.05) is 13.8 Å². The zero-order valence-corrected chi connectivity index (χ0v) is 9.15. The fraction of sp³-hybridized carbons (Fsp3) is 0.500. The van der Waals surface area contributed by atoms with E-state index in [1.165, 1.54) is 0 Å². The molecule has 0 amide bonds. The molecule has 0 aliphatic heterocycles. The summed E-state index contributed by atoms with van der Waals surface area (Å²) in [6, 6.07) is 0. The SMILES string of the molecule is CC(C)c1ncc(Br)c(C(F)(F)F)n1. The Morgan fingerprint density at radius 2 is 1.93 bits per heavy atom. The van der Waals surface area contributed by atoms with Crippen molar-refractivity contribution >= 4 is 15.9 Å². The van der Waals surface area contributed by atoms with Crippen LogP contribution >= 0.6 is 15.9 Å². The first-order valence-electron chi connectivity index (χ1n) is 3.92. The summed E-state index contributed by atoms with van der Waals surface area (Å²) in [5, 5.41) is 0. The molecule has 0 atom stereocenters. The van der Waals surface area contributed by atoms with E-state index in [0.29, 0.717) is 0 Å². The smallest absolute Gasteiger partial charge is 0.240 e. The average molecular weight is 269 g/mol. The summed E-state index contributed by atoms with van der Waals surface area (Å²) < 4.78 is 37.0. The van der Waals surface area contributed by atoms with Crippen molar-refractivity contribution in [1.82, 2.24) is 9.97 Å². The van der Waals surface area contributed by atoms with Gasteiger partial charge in [0.2, 0.25) is 0 Å². The lowest BCUT2D eigenvalue weighted by Crippen LogP contribution is -2.12. The first kappa shape index (κ1) is 11.4. The number of hydrogen-bond acceptors (Lipinski definition) is 2. The van der Waals surface area contributed by atoms with E-state index in [4.69, 9.17) is 0 Å². The molecule has 14 heavy (non-hydrogen) atoms. The normalized spacial score (nSPS) is 12.2. The van der Waals surface area contributed by atoms with E-state index in [2.05, 4.69) is 25.9 Å². The van der Waals surface area contributed by atoms with Gasteiger partial charge in [-0.2, -0.15) is 13.2 Å². The highest BCUT2D eigenvalue weighted by atomic mass is 79.9. The molecule has 0 bridgehead atoms. The topological polar surface area (TPSA) is 25.8 Å². The predicted octanol–water partition coefficient (Wildman–Crippen LogP) is 3.38. The van der Waals surface area contributed by atoms with Crippen LogP contribution in [0, 0.1) is 0 Å². The summed E-state index contributed by atoms with van der Waals surface area (Å²) in [5.41, 5.74) is -0.920. The Morgan fingerprint density at radius 3 is 2.36 bits per heavy atom. The van der Waals surface area contributed by atoms with Crippen LogP contribution in [0.4, 0.5) is 13.2 Å². The molecule has 0 N–H and O–H groups in total. The van der Waals surface area contributed by atoms with Crippen molar-refractivity contribution in [3.05, 3.63) is 22.2 Å². The van der Waals surface area contributed by atoms with Gasteiger partial charge in [0.15, 0.2) is 5.69 Å². The molecule has 0 radical (unpaired) electrons. The Labute approximate surface area is 87.7 Å². The molecule has 0 aliphatic rings. The first-order chi connectivity index (χ1) is 6.32. The van der Waals surface area contributed by atoms with E-state index >= 15 is 0 Å². The standard InChI is InChI=1S/C8H8BrF3N2/c1-4(2)7-13-3-5(9)6(14-7)8(10,11)12/h3-4H,1-2H3. The lowest BCUT2D eigenvalue weighted by molar-refractivity contribution is -0.142. The summed E-state index contributed by atoms with van der Waals surface area (Å²) in [6.07, 6.45) is -3.31. The van der Waals surface area contributed by atoms with Crippen molar-refractivity contribution in [3.63, 3.8) is 0 Å². The third-order valence-corrected chi connectivity index (χ3v) is 2.13. The molecule has 0 aliphatic carbocycles. The minimum atomic E-state index is -4.44. The maximum Gasteiger partial charge on any atom is 0.434 e. The quantitative estimate of drug-likeness (QED) is 0.781. The van der Waals surface area contributed by atoms with Gasteiger partial charge in [0.1, 0.15) is 5.82 Å². The first-order valence-corrected chi connectivity index (χ1v) is 4.71. The summed E-state index contributed by atoms with van der Waals surface area (Å²) in [7, 11) is 0. The Kier molecular flexibility index (Phi) is 3.14. The molecule has 2 nitrogen and oxygen atoms in total. The Morgan fingerprint density at radius 1 is 1.36 bits per heavy atom. The van der Waals surface area contributed by atoms with Crippen molar-refractivity contribution in [1.29, 1.82) is 0 Å². The van der Waals surface area contributed by atoms with Crippen molar-refractivity contribution in [3.8, 4) is 0 Å². The summed E-state index contributed by atoms with van der Waals surface area (Å²) in [4.78, 5) is 7.25. The highest BCUT2D eigenvalue weighted by molar-refractivity contribution is 9.10. The van der Waals surface area contributed by atoms with E-state index in [-0.39, 0.29) is 16.2 Å². The van der Waals surface area contributed by atoms with Crippen LogP contribution in [0.2, 0.25) is 0 Å². The molecule has 78 valence electrons. The Balaban J connectivity index is 3.22. The largest absolute Gasteiger partial charge is 0.434 e. The van der Waals surface area contributed by atoms with Gasteiger partial charge in [-0.3, -0.25) is 0 Å². The van der Waals surface area contributed by atoms with E-state index in [1.807, 2.05) is 0 Å². The van der Waals surface area contributed by atoms with Crippen LogP contribution in [0.25, 0.3) is 0 Å². The lowest BCUT2D eigenvalue weighted by Gasteiger charge is -2.10. The molecule has 0 aromatic carbocycles. The van der Waals surface area contributed by atoms with Crippen molar-refractivity contribution in [2.24, 2.45) is 0 Å². The molecule has 1 aromatic rings. The van der Waals surface area contributed by atoms with Gasteiger partial charge in [-0.05, 0) is 15.9 Å². The van der Waals surface area contributed by atoms with Crippen LogP contribution in [0.5, 0.6) is 0 Å². The van der Waals surface area contributed by atoms with Crippen LogP contribution in [-0.4, -0.2) is 9.97 Å². The number of halogens is 4. The molecule has 1 rings (SSSR count). The molecule has 0 unspecified atom stereocenters. The molecule has 1 aromatic heterocycles. The predicted molar refractivity (Wildman–Crippen MR) is 48.8 cm³/mol. The van der Waals surface area contributed by atoms with E-state index in [1.54, 1.807) is 13.8 Å². The van der Waals surface area contributed by atoms with Gasteiger partial charge in [0.25, 0.3) is 0 Å². The molecule has 0 saturated carbocycles. The van der Waals surface area contributed by atoms with Crippen molar-refractivity contribution in [2.75, 3.05) is 0 Å². The third-order valence-electron chi connectivity index (χ3n) is 1.55. The van der Waals surface area contributed by atoms with Crippen LogP contribution in [0.3, 0.4) is 0 Å². The Hall–Kier alpha value is -0.650. The second-order valence-electron chi connectivity index (χ2n) is 3.08. The zero-order chi connectivity index (χ0) is 10.9. The highest BCUT2D eigenvalue weighted by Crippen LogP contribution is 2.33. The van der Waals surface area contributed by atoms with E-state index in [9.17, 15) is 13.2 Å². The van der Waals surface area contributed by atoms with Crippen LogP contribution < -0.4 is 0 Å². The minimum Gasteiger partial charge on any atom is -0.240 e. The minimum absolute atomic E-state index is 0.121. The molecule has 1 heterocycles. The number of aromatic nitrogens is 2. The maximum atomic E-state index is 12.4. The maximum absolute atomic E-state index is 12.4. The highest BCUT2D eigenvalue weighted by Gasteiger charge is 2.35. The van der Waals surface area contributed by atoms with Gasteiger partial charge in [-0.25, -0.2) is 9.97 Å². The summed E-state index contributed by atoms with van der Waals surface area (Å²) in [5.74, 6) is 0.0738. The molecular formula is C8H8BrF3N2. The van der Waals surface area contributed by atoms with Gasteiger partial charge < -0.3 is 0 Å². The van der Waals surface area contributed by atoms with Crippen LogP contribution in [0.15, 0.2) is 10.7 Å². The van der Waals surface area contributed by atoms with Crippen molar-refractivity contribution in [2.45, 2.75) is 25.9 Å². The van der Waals surface area contributed by atoms with Gasteiger partial charge in [0.05, 0.1) is 4.47 Å².